The summed E-state index contributed by atoms with van der Waals surface area (Å²) in [6, 6.07) is 4.09. The van der Waals surface area contributed by atoms with Gasteiger partial charge >= 0.3 is 6.18 Å². The fraction of sp³-hybridized carbons (Fsp3) is 0.188. The van der Waals surface area contributed by atoms with E-state index in [0.717, 1.165) is 41.3 Å². The van der Waals surface area contributed by atoms with Crippen molar-refractivity contribution in [3.63, 3.8) is 0 Å². The summed E-state index contributed by atoms with van der Waals surface area (Å²) in [5.74, 6) is -0.797. The van der Waals surface area contributed by atoms with Crippen LogP contribution in [0.25, 0.3) is 0 Å². The fourth-order valence-corrected chi connectivity index (χ4v) is 3.78. The number of anilines is 2. The Morgan fingerprint density at radius 1 is 1.23 bits per heavy atom. The number of aryl methyl sites for hydroxylation is 1. The Morgan fingerprint density at radius 2 is 2.00 bits per heavy atom. The molecule has 0 aliphatic heterocycles. The third-order valence-electron chi connectivity index (χ3n) is 3.38. The summed E-state index contributed by atoms with van der Waals surface area (Å²) in [7, 11) is 0. The van der Waals surface area contributed by atoms with Gasteiger partial charge in [0, 0.05) is 6.07 Å². The number of benzene rings is 1. The highest BCUT2D eigenvalue weighted by atomic mass is 35.5. The number of amides is 2. The minimum atomic E-state index is -4.56. The molecule has 2 amide bonds. The van der Waals surface area contributed by atoms with Crippen molar-refractivity contribution in [3.8, 4) is 0 Å². The molecular formula is C16H11ClF3N5O3S2. The van der Waals surface area contributed by atoms with Gasteiger partial charge in [-0.05, 0) is 25.1 Å². The van der Waals surface area contributed by atoms with Crippen LogP contribution in [0.3, 0.4) is 0 Å². The predicted octanol–water partition coefficient (Wildman–Crippen LogP) is 4.49. The van der Waals surface area contributed by atoms with E-state index in [0.29, 0.717) is 10.1 Å². The van der Waals surface area contributed by atoms with Gasteiger partial charge in [-0.3, -0.25) is 14.9 Å². The zero-order valence-electron chi connectivity index (χ0n) is 14.9. The molecule has 158 valence electrons. The van der Waals surface area contributed by atoms with E-state index in [1.807, 2.05) is 0 Å². The third-order valence-corrected chi connectivity index (χ3v) is 5.68. The second kappa shape index (κ2) is 9.02. The van der Waals surface area contributed by atoms with Crippen LogP contribution >= 0.6 is 34.7 Å². The number of alkyl halides is 3. The molecule has 30 heavy (non-hydrogen) atoms. The first kappa shape index (κ1) is 22.1. The molecule has 0 radical (unpaired) electrons. The Morgan fingerprint density at radius 3 is 2.67 bits per heavy atom. The molecule has 0 saturated carbocycles. The number of rotatable bonds is 6. The summed E-state index contributed by atoms with van der Waals surface area (Å²) in [5, 5.41) is 16.2. The highest BCUT2D eigenvalue weighted by Crippen LogP contribution is 2.34. The Balaban J connectivity index is 1.55. The summed E-state index contributed by atoms with van der Waals surface area (Å²) in [6.45, 7) is 1.64. The van der Waals surface area contributed by atoms with Crippen molar-refractivity contribution in [3.05, 3.63) is 46.3 Å². The largest absolute Gasteiger partial charge is 0.416 e. The van der Waals surface area contributed by atoms with Gasteiger partial charge in [0.15, 0.2) is 10.0 Å². The zero-order valence-corrected chi connectivity index (χ0v) is 17.3. The molecule has 2 aromatic heterocycles. The second-order valence-corrected chi connectivity index (χ2v) is 8.29. The van der Waals surface area contributed by atoms with Gasteiger partial charge in [0.1, 0.15) is 5.76 Å². The molecule has 0 aliphatic carbocycles. The van der Waals surface area contributed by atoms with E-state index < -0.39 is 23.6 Å². The molecule has 0 spiro atoms. The monoisotopic (exact) mass is 477 g/mol. The predicted molar refractivity (Wildman–Crippen MR) is 105 cm³/mol. The van der Waals surface area contributed by atoms with E-state index in [4.69, 9.17) is 16.1 Å². The maximum atomic E-state index is 12.8. The van der Waals surface area contributed by atoms with Crippen LogP contribution in [0.1, 0.15) is 21.8 Å². The molecule has 0 aliphatic rings. The normalized spacial score (nSPS) is 11.4. The fourth-order valence-electron chi connectivity index (χ4n) is 2.06. The standard InChI is InChI=1S/C16H11ClF3N5O3S2/c1-7-4-11(25-28-7)13(27)22-14-23-24-15(30-14)29-6-12(26)21-10-5-8(16(18,19)20)2-3-9(10)17/h2-5H,6H2,1H3,(H,21,26)(H,22,23,27). The lowest BCUT2D eigenvalue weighted by atomic mass is 10.2. The minimum Gasteiger partial charge on any atom is -0.361 e. The SMILES string of the molecule is Cc1cc(C(=O)Nc2nnc(SCC(=O)Nc3cc(C(F)(F)F)ccc3Cl)s2)no1. The van der Waals surface area contributed by atoms with Crippen LogP contribution in [0.2, 0.25) is 5.02 Å². The van der Waals surface area contributed by atoms with Gasteiger partial charge in [0.25, 0.3) is 5.91 Å². The molecular weight excluding hydrogens is 467 g/mol. The number of hydrogen-bond acceptors (Lipinski definition) is 8. The summed E-state index contributed by atoms with van der Waals surface area (Å²) >= 11 is 7.86. The van der Waals surface area contributed by atoms with Gasteiger partial charge in [0.2, 0.25) is 11.0 Å². The first-order valence-electron chi connectivity index (χ1n) is 7.99. The molecule has 0 atom stereocenters. The van der Waals surface area contributed by atoms with Crippen molar-refractivity contribution in [1.29, 1.82) is 0 Å². The lowest BCUT2D eigenvalue weighted by Gasteiger charge is -2.11. The highest BCUT2D eigenvalue weighted by molar-refractivity contribution is 8.01. The average molecular weight is 478 g/mol. The van der Waals surface area contributed by atoms with Crippen molar-refractivity contribution in [1.82, 2.24) is 15.4 Å². The molecule has 0 bridgehead atoms. The zero-order chi connectivity index (χ0) is 21.9. The number of carbonyl (C=O) groups excluding carboxylic acids is 2. The van der Waals surface area contributed by atoms with Gasteiger partial charge in [-0.15, -0.1) is 10.2 Å². The Labute approximate surface area is 180 Å². The molecule has 0 unspecified atom stereocenters. The molecule has 14 heteroatoms. The number of nitrogens with one attached hydrogen (secondary N) is 2. The van der Waals surface area contributed by atoms with Crippen LogP contribution < -0.4 is 10.6 Å². The molecule has 3 aromatic rings. The maximum Gasteiger partial charge on any atom is 0.416 e. The van der Waals surface area contributed by atoms with E-state index in [1.54, 1.807) is 6.92 Å². The average Bonchev–Trinajstić information content (AvgIpc) is 3.30. The van der Waals surface area contributed by atoms with E-state index in [9.17, 15) is 22.8 Å². The van der Waals surface area contributed by atoms with Gasteiger partial charge in [0.05, 0.1) is 22.0 Å². The van der Waals surface area contributed by atoms with Crippen LogP contribution in [0, 0.1) is 6.92 Å². The maximum absolute atomic E-state index is 12.8. The Hall–Kier alpha value is -2.64. The lowest BCUT2D eigenvalue weighted by molar-refractivity contribution is -0.137. The van der Waals surface area contributed by atoms with Crippen LogP contribution in [0.4, 0.5) is 24.0 Å². The third kappa shape index (κ3) is 5.70. The Kier molecular flexibility index (Phi) is 6.63. The summed E-state index contributed by atoms with van der Waals surface area (Å²) in [5.41, 5.74) is -0.999. The smallest absolute Gasteiger partial charge is 0.361 e. The number of carbonyl (C=O) groups is 2. The quantitative estimate of drug-likeness (QED) is 0.397. The van der Waals surface area contributed by atoms with E-state index in [-0.39, 0.29) is 27.3 Å². The minimum absolute atomic E-state index is 0.0228. The lowest BCUT2D eigenvalue weighted by Crippen LogP contribution is -2.15. The number of hydrogen-bond donors (Lipinski definition) is 2. The molecule has 8 nitrogen and oxygen atoms in total. The van der Waals surface area contributed by atoms with E-state index in [2.05, 4.69) is 26.0 Å². The van der Waals surface area contributed by atoms with Crippen LogP contribution in [-0.4, -0.2) is 32.9 Å². The molecule has 2 heterocycles. The van der Waals surface area contributed by atoms with Crippen molar-refractivity contribution in [2.45, 2.75) is 17.4 Å². The summed E-state index contributed by atoms with van der Waals surface area (Å²) in [4.78, 5) is 24.0. The summed E-state index contributed by atoms with van der Waals surface area (Å²) in [6.07, 6.45) is -4.56. The molecule has 2 N–H and O–H groups in total. The first-order valence-corrected chi connectivity index (χ1v) is 10.2. The summed E-state index contributed by atoms with van der Waals surface area (Å²) < 4.78 is 43.6. The number of halogens is 4. The van der Waals surface area contributed by atoms with Gasteiger partial charge in [-0.1, -0.05) is 39.9 Å². The van der Waals surface area contributed by atoms with Gasteiger partial charge < -0.3 is 9.84 Å². The van der Waals surface area contributed by atoms with Crippen molar-refractivity contribution >= 4 is 57.3 Å². The number of aromatic nitrogens is 3. The van der Waals surface area contributed by atoms with Crippen molar-refractivity contribution < 1.29 is 27.3 Å². The topological polar surface area (TPSA) is 110 Å². The molecule has 0 fully saturated rings. The Bertz CT molecular complexity index is 1090. The molecule has 0 saturated heterocycles. The molecule has 1 aromatic carbocycles. The van der Waals surface area contributed by atoms with E-state index in [1.165, 1.54) is 6.07 Å². The number of thioether (sulfide) groups is 1. The van der Waals surface area contributed by atoms with Crippen LogP contribution in [0.15, 0.2) is 33.1 Å². The molecule has 3 rings (SSSR count). The second-order valence-electron chi connectivity index (χ2n) is 5.68. The van der Waals surface area contributed by atoms with Crippen molar-refractivity contribution in [2.24, 2.45) is 0 Å². The first-order chi connectivity index (χ1) is 14.1. The number of nitrogens with zero attached hydrogens (tertiary/aromatic N) is 3. The van der Waals surface area contributed by atoms with Crippen molar-refractivity contribution in [2.75, 3.05) is 16.4 Å². The van der Waals surface area contributed by atoms with Crippen LogP contribution in [-0.2, 0) is 11.0 Å². The highest BCUT2D eigenvalue weighted by Gasteiger charge is 2.31. The van der Waals surface area contributed by atoms with Gasteiger partial charge in [-0.2, -0.15) is 13.2 Å². The van der Waals surface area contributed by atoms with E-state index >= 15 is 0 Å². The van der Waals surface area contributed by atoms with Crippen LogP contribution in [0.5, 0.6) is 0 Å². The van der Waals surface area contributed by atoms with Gasteiger partial charge in [-0.25, -0.2) is 0 Å².